The smallest absolute Gasteiger partial charge is 0.236 e. The fourth-order valence-electron chi connectivity index (χ4n) is 1.61. The zero-order valence-electron chi connectivity index (χ0n) is 12.1. The van der Waals surface area contributed by atoms with Crippen LogP contribution in [0.3, 0.4) is 0 Å². The van der Waals surface area contributed by atoms with Crippen LogP contribution in [0.4, 0.5) is 5.69 Å². The van der Waals surface area contributed by atoms with Crippen LogP contribution < -0.4 is 16.4 Å². The third-order valence-corrected chi connectivity index (χ3v) is 2.68. The van der Waals surface area contributed by atoms with E-state index in [4.69, 9.17) is 5.73 Å². The van der Waals surface area contributed by atoms with Gasteiger partial charge in [0.1, 0.15) is 5.75 Å². The number of hydrogen-bond donors (Lipinski definition) is 5. The van der Waals surface area contributed by atoms with Gasteiger partial charge in [-0.1, -0.05) is 6.07 Å². The van der Waals surface area contributed by atoms with Crippen LogP contribution in [0.15, 0.2) is 18.2 Å². The van der Waals surface area contributed by atoms with E-state index in [-0.39, 0.29) is 17.8 Å². The van der Waals surface area contributed by atoms with Gasteiger partial charge in [-0.3, -0.25) is 4.79 Å². The summed E-state index contributed by atoms with van der Waals surface area (Å²) < 4.78 is 0. The van der Waals surface area contributed by atoms with Gasteiger partial charge in [0.2, 0.25) is 5.91 Å². The fraction of sp³-hybridized carbons (Fsp3) is 0.500. The number of amides is 1. The van der Waals surface area contributed by atoms with Gasteiger partial charge in [-0.15, -0.1) is 0 Å². The van der Waals surface area contributed by atoms with E-state index in [9.17, 15) is 15.0 Å². The van der Waals surface area contributed by atoms with Crippen molar-refractivity contribution in [2.24, 2.45) is 5.73 Å². The van der Waals surface area contributed by atoms with Gasteiger partial charge in [-0.2, -0.15) is 0 Å². The van der Waals surface area contributed by atoms with Crippen LogP contribution in [0.1, 0.15) is 32.4 Å². The first kappa shape index (κ1) is 16.3. The van der Waals surface area contributed by atoms with Crippen LogP contribution in [0.25, 0.3) is 0 Å². The summed E-state index contributed by atoms with van der Waals surface area (Å²) in [5, 5.41) is 25.7. The predicted molar refractivity (Wildman–Crippen MR) is 78.5 cm³/mol. The van der Waals surface area contributed by atoms with Crippen LogP contribution in [-0.4, -0.2) is 34.7 Å². The molecule has 1 atom stereocenters. The van der Waals surface area contributed by atoms with Crippen LogP contribution in [0, 0.1) is 0 Å². The minimum atomic E-state index is -0.705. The maximum absolute atomic E-state index is 10.7. The maximum Gasteiger partial charge on any atom is 0.236 e. The number of aliphatic hydroxyl groups excluding tert-OH is 1. The van der Waals surface area contributed by atoms with E-state index < -0.39 is 12.0 Å². The number of anilines is 1. The summed E-state index contributed by atoms with van der Waals surface area (Å²) in [6.07, 6.45) is -0.705. The second kappa shape index (κ2) is 6.58. The van der Waals surface area contributed by atoms with Crippen LogP contribution in [0.5, 0.6) is 5.75 Å². The van der Waals surface area contributed by atoms with Crippen molar-refractivity contribution in [3.05, 3.63) is 23.8 Å². The minimum Gasteiger partial charge on any atom is -0.506 e. The first-order chi connectivity index (χ1) is 9.19. The first-order valence-electron chi connectivity index (χ1n) is 6.47. The third-order valence-electron chi connectivity index (χ3n) is 2.68. The number of aromatic hydroxyl groups is 1. The molecule has 6 N–H and O–H groups in total. The number of primary amides is 1. The molecule has 1 unspecified atom stereocenters. The van der Waals surface area contributed by atoms with Crippen molar-refractivity contribution < 1.29 is 15.0 Å². The molecule has 0 aromatic heterocycles. The second-order valence-corrected chi connectivity index (χ2v) is 5.74. The Hall–Kier alpha value is -1.79. The maximum atomic E-state index is 10.7. The number of β-amino-alcohol motifs (C(OH)–C–C–N with tert-alkyl or cyclic N) is 1. The number of nitrogens with one attached hydrogen (secondary N) is 2. The minimum absolute atomic E-state index is 0.00554. The highest BCUT2D eigenvalue weighted by Gasteiger charge is 2.15. The zero-order valence-corrected chi connectivity index (χ0v) is 12.1. The topological polar surface area (TPSA) is 108 Å². The first-order valence-corrected chi connectivity index (χ1v) is 6.47. The van der Waals surface area contributed by atoms with Gasteiger partial charge in [0.25, 0.3) is 0 Å². The Morgan fingerprint density at radius 2 is 2.05 bits per heavy atom. The Morgan fingerprint density at radius 1 is 1.40 bits per heavy atom. The lowest BCUT2D eigenvalue weighted by Crippen LogP contribution is -2.38. The monoisotopic (exact) mass is 281 g/mol. The Kier molecular flexibility index (Phi) is 5.35. The summed E-state index contributed by atoms with van der Waals surface area (Å²) in [5.41, 5.74) is 5.97. The predicted octanol–water partition coefficient (Wildman–Crippen LogP) is 0.711. The van der Waals surface area contributed by atoms with Gasteiger partial charge < -0.3 is 26.6 Å². The van der Waals surface area contributed by atoms with Crippen molar-refractivity contribution in [3.8, 4) is 5.75 Å². The number of benzene rings is 1. The van der Waals surface area contributed by atoms with Crippen molar-refractivity contribution >= 4 is 11.6 Å². The SMILES string of the molecule is CC(C)(C)NCC(O)c1ccc(O)c(NCC(N)=O)c1. The molecule has 0 spiro atoms. The lowest BCUT2D eigenvalue weighted by atomic mass is 10.1. The number of nitrogens with two attached hydrogens (primary N) is 1. The molecular formula is C14H23N3O3. The average molecular weight is 281 g/mol. The molecule has 0 heterocycles. The van der Waals surface area contributed by atoms with Crippen molar-refractivity contribution in [1.29, 1.82) is 0 Å². The molecule has 1 aromatic rings. The van der Waals surface area contributed by atoms with E-state index >= 15 is 0 Å². The van der Waals surface area contributed by atoms with Gasteiger partial charge in [0, 0.05) is 12.1 Å². The van der Waals surface area contributed by atoms with Gasteiger partial charge in [-0.25, -0.2) is 0 Å². The standard InChI is InChI=1S/C14H23N3O3/c1-14(2,3)17-7-12(19)9-4-5-11(18)10(6-9)16-8-13(15)20/h4-6,12,16-19H,7-8H2,1-3H3,(H2,15,20). The lowest BCUT2D eigenvalue weighted by molar-refractivity contribution is -0.116. The quantitative estimate of drug-likeness (QED) is 0.494. The van der Waals surface area contributed by atoms with Gasteiger partial charge in [-0.05, 0) is 38.5 Å². The van der Waals surface area contributed by atoms with E-state index in [2.05, 4.69) is 10.6 Å². The van der Waals surface area contributed by atoms with Crippen molar-refractivity contribution in [1.82, 2.24) is 5.32 Å². The highest BCUT2D eigenvalue weighted by atomic mass is 16.3. The summed E-state index contributed by atoms with van der Waals surface area (Å²) in [6, 6.07) is 4.71. The highest BCUT2D eigenvalue weighted by Crippen LogP contribution is 2.27. The molecule has 1 amide bonds. The van der Waals surface area contributed by atoms with Gasteiger partial charge in [0.05, 0.1) is 18.3 Å². The lowest BCUT2D eigenvalue weighted by Gasteiger charge is -2.23. The summed E-state index contributed by atoms with van der Waals surface area (Å²) in [4.78, 5) is 10.7. The number of phenols is 1. The van der Waals surface area contributed by atoms with Gasteiger partial charge >= 0.3 is 0 Å². The zero-order chi connectivity index (χ0) is 15.3. The van der Waals surface area contributed by atoms with Gasteiger partial charge in [0.15, 0.2) is 0 Å². The normalized spacial score (nSPS) is 13.0. The molecule has 6 nitrogen and oxygen atoms in total. The summed E-state index contributed by atoms with van der Waals surface area (Å²) >= 11 is 0. The Bertz CT molecular complexity index is 469. The van der Waals surface area contributed by atoms with Crippen molar-refractivity contribution in [3.63, 3.8) is 0 Å². The molecule has 0 saturated heterocycles. The van der Waals surface area contributed by atoms with Crippen LogP contribution >= 0.6 is 0 Å². The second-order valence-electron chi connectivity index (χ2n) is 5.74. The molecule has 20 heavy (non-hydrogen) atoms. The van der Waals surface area contributed by atoms with E-state index in [1.165, 1.54) is 6.07 Å². The molecule has 1 aromatic carbocycles. The van der Waals surface area contributed by atoms with Crippen molar-refractivity contribution in [2.45, 2.75) is 32.4 Å². The Morgan fingerprint density at radius 3 is 2.60 bits per heavy atom. The molecule has 112 valence electrons. The number of carbonyl (C=O) groups excluding carboxylic acids is 1. The van der Waals surface area contributed by atoms with Crippen molar-refractivity contribution in [2.75, 3.05) is 18.4 Å². The number of phenolic OH excluding ortho intramolecular Hbond substituents is 1. The molecule has 6 heteroatoms. The van der Waals surface area contributed by atoms with Crippen LogP contribution in [-0.2, 0) is 4.79 Å². The molecule has 0 saturated carbocycles. The summed E-state index contributed by atoms with van der Waals surface area (Å²) in [7, 11) is 0. The summed E-state index contributed by atoms with van der Waals surface area (Å²) in [5.74, 6) is -0.518. The number of hydrogen-bond acceptors (Lipinski definition) is 5. The molecule has 0 aliphatic rings. The number of carbonyl (C=O) groups is 1. The van der Waals surface area contributed by atoms with E-state index in [1.807, 2.05) is 20.8 Å². The molecule has 0 fully saturated rings. The molecular weight excluding hydrogens is 258 g/mol. The van der Waals surface area contributed by atoms with Crippen LogP contribution in [0.2, 0.25) is 0 Å². The van der Waals surface area contributed by atoms with E-state index in [0.29, 0.717) is 17.8 Å². The third kappa shape index (κ3) is 5.46. The van der Waals surface area contributed by atoms with E-state index in [1.54, 1.807) is 12.1 Å². The highest BCUT2D eigenvalue weighted by molar-refractivity contribution is 5.79. The Labute approximate surface area is 119 Å². The fourth-order valence-corrected chi connectivity index (χ4v) is 1.61. The summed E-state index contributed by atoms with van der Waals surface area (Å²) in [6.45, 7) is 6.35. The molecule has 1 rings (SSSR count). The molecule has 0 aliphatic heterocycles. The molecule has 0 bridgehead atoms. The number of aliphatic hydroxyl groups is 1. The van der Waals surface area contributed by atoms with E-state index in [0.717, 1.165) is 0 Å². The molecule has 0 aliphatic carbocycles. The number of rotatable bonds is 6. The average Bonchev–Trinajstić information content (AvgIpc) is 2.34. The largest absolute Gasteiger partial charge is 0.506 e. The molecule has 0 radical (unpaired) electrons. The Balaban J connectivity index is 2.75.